The lowest BCUT2D eigenvalue weighted by Crippen LogP contribution is -2.56. The molecule has 43 heavy (non-hydrogen) atoms. The molecule has 18 heteroatoms. The normalized spacial score (nSPS) is 16.2. The molecule has 1 heterocycles. The standard InChI is InChI=1S/C25H25N3O13S2/c29-21-9-10-22(30)28(21)41-24(32)20(13-43(37,38)39)26-23(31)19(12-42(34,35)36)27-25(33)40-11-18-16-7-3-1-5-14(16)15-6-2-4-8-17(15)18/h1-8,18-20H,9-13H2,(H,26,31)(H,27,33)(H,34,35,36)(H,37,38,39). The molecule has 2 atom stereocenters. The quantitative estimate of drug-likeness (QED) is 0.184. The summed E-state index contributed by atoms with van der Waals surface area (Å²) in [4.78, 5) is 66.2. The van der Waals surface area contributed by atoms with Crippen molar-refractivity contribution in [2.75, 3.05) is 18.1 Å². The van der Waals surface area contributed by atoms with E-state index in [9.17, 15) is 49.9 Å². The van der Waals surface area contributed by atoms with Gasteiger partial charge in [0.25, 0.3) is 32.1 Å². The maximum Gasteiger partial charge on any atom is 0.407 e. The Morgan fingerprint density at radius 2 is 1.30 bits per heavy atom. The van der Waals surface area contributed by atoms with Gasteiger partial charge in [0.1, 0.15) is 30.2 Å². The van der Waals surface area contributed by atoms with E-state index in [1.54, 1.807) is 17.4 Å². The van der Waals surface area contributed by atoms with Crippen LogP contribution in [0.15, 0.2) is 48.5 Å². The van der Waals surface area contributed by atoms with Crippen molar-refractivity contribution in [2.24, 2.45) is 0 Å². The van der Waals surface area contributed by atoms with Gasteiger partial charge in [-0.3, -0.25) is 23.5 Å². The van der Waals surface area contributed by atoms with Crippen molar-refractivity contribution in [3.05, 3.63) is 59.7 Å². The third-order valence-electron chi connectivity index (χ3n) is 6.49. The van der Waals surface area contributed by atoms with E-state index >= 15 is 0 Å². The van der Waals surface area contributed by atoms with Crippen molar-refractivity contribution in [1.82, 2.24) is 15.7 Å². The van der Waals surface area contributed by atoms with Crippen molar-refractivity contribution >= 4 is 50.0 Å². The number of hydrogen-bond donors (Lipinski definition) is 4. The predicted molar refractivity (Wildman–Crippen MR) is 144 cm³/mol. The van der Waals surface area contributed by atoms with Crippen LogP contribution in [-0.4, -0.2) is 91.0 Å². The van der Waals surface area contributed by atoms with Gasteiger partial charge in [0.2, 0.25) is 5.91 Å². The highest BCUT2D eigenvalue weighted by molar-refractivity contribution is 7.86. The van der Waals surface area contributed by atoms with Gasteiger partial charge >= 0.3 is 12.1 Å². The number of imide groups is 1. The Kier molecular flexibility index (Phi) is 9.14. The Hall–Kier alpha value is -4.39. The number of benzene rings is 2. The summed E-state index contributed by atoms with van der Waals surface area (Å²) in [5.41, 5.74) is 3.55. The zero-order chi connectivity index (χ0) is 31.5. The molecule has 230 valence electrons. The monoisotopic (exact) mass is 639 g/mol. The second-order valence-corrected chi connectivity index (χ2v) is 12.6. The zero-order valence-electron chi connectivity index (χ0n) is 22.0. The Morgan fingerprint density at radius 3 is 1.81 bits per heavy atom. The predicted octanol–water partition coefficient (Wildman–Crippen LogP) is -0.239. The number of nitrogens with zero attached hydrogens (tertiary/aromatic N) is 1. The number of hydrogen-bond acceptors (Lipinski definition) is 11. The van der Waals surface area contributed by atoms with Crippen molar-refractivity contribution in [3.8, 4) is 11.1 Å². The molecule has 1 saturated heterocycles. The summed E-state index contributed by atoms with van der Waals surface area (Å²) >= 11 is 0. The third-order valence-corrected chi connectivity index (χ3v) is 8.00. The van der Waals surface area contributed by atoms with Crippen LogP contribution < -0.4 is 10.6 Å². The van der Waals surface area contributed by atoms with Crippen LogP contribution in [-0.2, 0) is 49.0 Å². The molecule has 1 aliphatic heterocycles. The van der Waals surface area contributed by atoms with Crippen LogP contribution >= 0.6 is 0 Å². The number of alkyl carbamates (subject to hydrolysis) is 1. The number of rotatable bonds is 11. The second kappa shape index (κ2) is 12.5. The molecule has 4 rings (SSSR count). The number of nitrogens with one attached hydrogen (secondary N) is 2. The molecule has 0 spiro atoms. The fraction of sp³-hybridized carbons (Fsp3) is 0.320. The fourth-order valence-electron chi connectivity index (χ4n) is 4.64. The Labute approximate surface area is 244 Å². The first-order chi connectivity index (χ1) is 20.1. The lowest BCUT2D eigenvalue weighted by Gasteiger charge is -2.22. The van der Waals surface area contributed by atoms with Gasteiger partial charge < -0.3 is 20.2 Å². The van der Waals surface area contributed by atoms with E-state index in [0.717, 1.165) is 22.3 Å². The fourth-order valence-corrected chi connectivity index (χ4v) is 5.94. The highest BCUT2D eigenvalue weighted by Crippen LogP contribution is 2.44. The van der Waals surface area contributed by atoms with E-state index in [4.69, 9.17) is 4.74 Å². The number of carbonyl (C=O) groups excluding carboxylic acids is 5. The minimum absolute atomic E-state index is 0.0517. The number of carbonyl (C=O) groups is 5. The minimum Gasteiger partial charge on any atom is -0.449 e. The van der Waals surface area contributed by atoms with Gasteiger partial charge in [-0.2, -0.15) is 16.8 Å². The molecule has 2 unspecified atom stereocenters. The van der Waals surface area contributed by atoms with Crippen LogP contribution in [0.2, 0.25) is 0 Å². The largest absolute Gasteiger partial charge is 0.449 e. The van der Waals surface area contributed by atoms with Crippen LogP contribution in [0.5, 0.6) is 0 Å². The molecule has 0 saturated carbocycles. The highest BCUT2D eigenvalue weighted by Gasteiger charge is 2.38. The summed E-state index contributed by atoms with van der Waals surface area (Å²) in [6, 6.07) is 10.3. The molecule has 0 bridgehead atoms. The van der Waals surface area contributed by atoms with E-state index in [1.165, 1.54) is 0 Å². The number of ether oxygens (including phenoxy) is 1. The zero-order valence-corrected chi connectivity index (χ0v) is 23.7. The van der Waals surface area contributed by atoms with Gasteiger partial charge in [0, 0.05) is 18.8 Å². The molecule has 4 amide bonds. The Morgan fingerprint density at radius 1 is 0.814 bits per heavy atom. The lowest BCUT2D eigenvalue weighted by molar-refractivity contribution is -0.198. The van der Waals surface area contributed by atoms with Crippen LogP contribution in [0.1, 0.15) is 29.9 Å². The van der Waals surface area contributed by atoms with Crippen molar-refractivity contribution in [1.29, 1.82) is 0 Å². The van der Waals surface area contributed by atoms with Gasteiger partial charge in [0.15, 0.2) is 0 Å². The van der Waals surface area contributed by atoms with Crippen molar-refractivity contribution < 1.29 is 59.5 Å². The third kappa shape index (κ3) is 7.92. The van der Waals surface area contributed by atoms with Gasteiger partial charge in [-0.05, 0) is 22.3 Å². The first-order valence-corrected chi connectivity index (χ1v) is 15.7. The van der Waals surface area contributed by atoms with Gasteiger partial charge in [-0.15, -0.1) is 5.06 Å². The number of fused-ring (bicyclic) bond motifs is 3. The Balaban J connectivity index is 1.47. The minimum atomic E-state index is -5.01. The average molecular weight is 640 g/mol. The van der Waals surface area contributed by atoms with Crippen molar-refractivity contribution in [3.63, 3.8) is 0 Å². The molecular formula is C25H25N3O13S2. The van der Waals surface area contributed by atoms with Crippen LogP contribution in [0.25, 0.3) is 11.1 Å². The molecule has 1 aliphatic carbocycles. The topological polar surface area (TPSA) is 240 Å². The number of hydroxylamine groups is 2. The summed E-state index contributed by atoms with van der Waals surface area (Å²) in [6.45, 7) is -0.240. The number of amides is 4. The van der Waals surface area contributed by atoms with E-state index in [-0.39, 0.29) is 24.5 Å². The molecule has 4 N–H and O–H groups in total. The molecule has 2 aliphatic rings. The molecule has 2 aromatic rings. The highest BCUT2D eigenvalue weighted by atomic mass is 32.2. The lowest BCUT2D eigenvalue weighted by atomic mass is 9.98. The smallest absolute Gasteiger partial charge is 0.407 e. The van der Waals surface area contributed by atoms with Crippen LogP contribution in [0.4, 0.5) is 4.79 Å². The summed E-state index contributed by atoms with van der Waals surface area (Å²) in [5.74, 6) is -8.42. The maximum atomic E-state index is 12.9. The van der Waals surface area contributed by atoms with Gasteiger partial charge in [0.05, 0.1) is 0 Å². The summed E-state index contributed by atoms with van der Waals surface area (Å²) in [7, 11) is -9.97. The summed E-state index contributed by atoms with van der Waals surface area (Å²) in [6.07, 6.45) is -1.91. The molecule has 0 radical (unpaired) electrons. The van der Waals surface area contributed by atoms with Gasteiger partial charge in [-0.25, -0.2) is 9.59 Å². The SMILES string of the molecule is O=C(NC(CS(=O)(=O)O)C(=O)NC(CS(=O)(=O)O)C(=O)ON1C(=O)CCC1=O)OCC1c2ccccc2-c2ccccc21. The summed E-state index contributed by atoms with van der Waals surface area (Å²) in [5, 5.41) is 3.78. The van der Waals surface area contributed by atoms with E-state index < -0.39 is 79.5 Å². The molecule has 0 aromatic heterocycles. The van der Waals surface area contributed by atoms with E-state index in [0.29, 0.717) is 0 Å². The van der Waals surface area contributed by atoms with Crippen LogP contribution in [0, 0.1) is 0 Å². The van der Waals surface area contributed by atoms with Gasteiger partial charge in [-0.1, -0.05) is 48.5 Å². The van der Waals surface area contributed by atoms with Crippen molar-refractivity contribution in [2.45, 2.75) is 30.8 Å². The molecule has 1 fully saturated rings. The Bertz CT molecular complexity index is 1630. The molecular weight excluding hydrogens is 614 g/mol. The molecule has 16 nitrogen and oxygen atoms in total. The van der Waals surface area contributed by atoms with E-state index in [2.05, 4.69) is 4.84 Å². The average Bonchev–Trinajstić information content (AvgIpc) is 3.41. The first-order valence-electron chi connectivity index (χ1n) is 12.5. The molecule has 2 aromatic carbocycles. The van der Waals surface area contributed by atoms with E-state index in [1.807, 2.05) is 41.7 Å². The summed E-state index contributed by atoms with van der Waals surface area (Å²) < 4.78 is 70.0. The second-order valence-electron chi connectivity index (χ2n) is 9.57. The van der Waals surface area contributed by atoms with Crippen LogP contribution in [0.3, 0.4) is 0 Å². The maximum absolute atomic E-state index is 12.9. The first kappa shape index (κ1) is 31.5.